The monoisotopic (exact) mass is 446 g/mol. The molecule has 0 bridgehead atoms. The summed E-state index contributed by atoms with van der Waals surface area (Å²) in [5.74, 6) is 1.24. The highest BCUT2D eigenvalue weighted by molar-refractivity contribution is 9.10. The number of carbonyl (C=O) groups excluding carboxylic acids is 1. The van der Waals surface area contributed by atoms with Gasteiger partial charge in [0.25, 0.3) is 5.91 Å². The molecule has 1 fully saturated rings. The Balaban J connectivity index is 1.77. The Kier molecular flexibility index (Phi) is 5.46. The molecule has 4 rings (SSSR count). The Hall–Kier alpha value is -2.25. The van der Waals surface area contributed by atoms with Gasteiger partial charge in [0, 0.05) is 28.9 Å². The van der Waals surface area contributed by atoms with E-state index < -0.39 is 0 Å². The lowest BCUT2D eigenvalue weighted by Gasteiger charge is -2.39. The minimum atomic E-state index is -0.346. The zero-order chi connectivity index (χ0) is 19.7. The number of nitrogens with one attached hydrogen (secondary N) is 1. The number of nitrogens with zero attached hydrogens (tertiary/aromatic N) is 1. The molecule has 0 radical (unpaired) electrons. The Bertz CT molecular complexity index is 883. The molecule has 0 spiro atoms. The predicted octanol–water partition coefficient (Wildman–Crippen LogP) is 4.21. The minimum Gasteiger partial charge on any atom is -0.493 e. The molecule has 2 heterocycles. The normalized spacial score (nSPS) is 21.2. The van der Waals surface area contributed by atoms with Crippen molar-refractivity contribution in [3.63, 3.8) is 0 Å². The first-order valence-electron chi connectivity index (χ1n) is 9.32. The molecule has 1 N–H and O–H groups in total. The number of anilines is 1. The molecule has 0 unspecified atom stereocenters. The Morgan fingerprint density at radius 3 is 2.68 bits per heavy atom. The van der Waals surface area contributed by atoms with Crippen LogP contribution in [0, 0.1) is 0 Å². The quantitative estimate of drug-likeness (QED) is 0.744. The van der Waals surface area contributed by atoms with Crippen molar-refractivity contribution in [2.24, 2.45) is 0 Å². The molecule has 2 aromatic rings. The number of halogens is 1. The zero-order valence-corrected chi connectivity index (χ0v) is 17.5. The molecule has 2 aliphatic rings. The van der Waals surface area contributed by atoms with E-state index in [-0.39, 0.29) is 18.2 Å². The van der Waals surface area contributed by atoms with Crippen LogP contribution >= 0.6 is 15.9 Å². The third-order valence-electron chi connectivity index (χ3n) is 5.24. The van der Waals surface area contributed by atoms with E-state index in [0.29, 0.717) is 23.6 Å². The molecule has 0 saturated carbocycles. The van der Waals surface area contributed by atoms with Crippen LogP contribution in [-0.2, 0) is 4.74 Å². The van der Waals surface area contributed by atoms with E-state index in [0.717, 1.165) is 35.2 Å². The van der Waals surface area contributed by atoms with Crippen LogP contribution in [0.1, 0.15) is 34.9 Å². The highest BCUT2D eigenvalue weighted by Crippen LogP contribution is 2.41. The Labute approximate surface area is 172 Å². The van der Waals surface area contributed by atoms with Crippen LogP contribution in [0.3, 0.4) is 0 Å². The summed E-state index contributed by atoms with van der Waals surface area (Å²) in [6.45, 7) is 1.28. The maximum Gasteiger partial charge on any atom is 0.257 e. The Morgan fingerprint density at radius 1 is 1.21 bits per heavy atom. The molecule has 0 aliphatic carbocycles. The van der Waals surface area contributed by atoms with Crippen molar-refractivity contribution >= 4 is 27.5 Å². The van der Waals surface area contributed by atoms with Gasteiger partial charge in [-0.05, 0) is 37.1 Å². The molecule has 6 nitrogen and oxygen atoms in total. The van der Waals surface area contributed by atoms with E-state index >= 15 is 0 Å². The molecule has 0 aromatic heterocycles. The van der Waals surface area contributed by atoms with Crippen LogP contribution in [0.15, 0.2) is 40.9 Å². The van der Waals surface area contributed by atoms with Crippen molar-refractivity contribution in [2.45, 2.75) is 25.1 Å². The highest BCUT2D eigenvalue weighted by atomic mass is 79.9. The van der Waals surface area contributed by atoms with Gasteiger partial charge in [0.15, 0.2) is 11.5 Å². The molecule has 7 heteroatoms. The lowest BCUT2D eigenvalue weighted by Crippen LogP contribution is -2.46. The fourth-order valence-electron chi connectivity index (χ4n) is 3.81. The summed E-state index contributed by atoms with van der Waals surface area (Å²) >= 11 is 3.64. The summed E-state index contributed by atoms with van der Waals surface area (Å²) < 4.78 is 17.5. The van der Waals surface area contributed by atoms with Crippen molar-refractivity contribution in [1.29, 1.82) is 0 Å². The van der Waals surface area contributed by atoms with Crippen molar-refractivity contribution in [3.8, 4) is 11.5 Å². The topological polar surface area (TPSA) is 60.0 Å². The second-order valence-corrected chi connectivity index (χ2v) is 7.77. The fourth-order valence-corrected chi connectivity index (χ4v) is 4.35. The number of hydrogen-bond acceptors (Lipinski definition) is 5. The van der Waals surface area contributed by atoms with Crippen LogP contribution < -0.4 is 14.8 Å². The van der Waals surface area contributed by atoms with Gasteiger partial charge in [0.1, 0.15) is 6.17 Å². The van der Waals surface area contributed by atoms with Gasteiger partial charge in [-0.1, -0.05) is 28.1 Å². The second kappa shape index (κ2) is 8.01. The standard InChI is InChI=1S/C21H23BrN2O4/c1-26-18-10-15(16(22)11-19(18)27-2)20-23-17-8-4-3-7-14(17)21(25)24(20)12-13-6-5-9-28-13/h3-4,7-8,10-11,13,20,23H,5-6,9,12H2,1-2H3/t13-,20-/m1/s1. The van der Waals surface area contributed by atoms with Crippen molar-refractivity contribution in [3.05, 3.63) is 52.0 Å². The zero-order valence-electron chi connectivity index (χ0n) is 15.9. The largest absolute Gasteiger partial charge is 0.493 e. The number of hydrogen-bond donors (Lipinski definition) is 1. The molecule has 148 valence electrons. The summed E-state index contributed by atoms with van der Waals surface area (Å²) in [5, 5.41) is 3.52. The van der Waals surface area contributed by atoms with Gasteiger partial charge >= 0.3 is 0 Å². The third-order valence-corrected chi connectivity index (χ3v) is 5.93. The van der Waals surface area contributed by atoms with E-state index in [9.17, 15) is 4.79 Å². The van der Waals surface area contributed by atoms with Crippen LogP contribution in [0.4, 0.5) is 5.69 Å². The van der Waals surface area contributed by atoms with Crippen LogP contribution in [0.25, 0.3) is 0 Å². The number of para-hydroxylation sites is 1. The van der Waals surface area contributed by atoms with E-state index in [2.05, 4.69) is 21.2 Å². The predicted molar refractivity (Wildman–Crippen MR) is 110 cm³/mol. The second-order valence-electron chi connectivity index (χ2n) is 6.91. The van der Waals surface area contributed by atoms with Gasteiger partial charge in [-0.3, -0.25) is 4.79 Å². The van der Waals surface area contributed by atoms with E-state index in [1.54, 1.807) is 14.2 Å². The van der Waals surface area contributed by atoms with Crippen molar-refractivity contribution in [2.75, 3.05) is 32.7 Å². The Morgan fingerprint density at radius 2 is 1.96 bits per heavy atom. The lowest BCUT2D eigenvalue weighted by molar-refractivity contribution is 0.0426. The van der Waals surface area contributed by atoms with Gasteiger partial charge in [-0.15, -0.1) is 0 Å². The van der Waals surface area contributed by atoms with Gasteiger partial charge in [-0.2, -0.15) is 0 Å². The van der Waals surface area contributed by atoms with Crippen LogP contribution in [0.5, 0.6) is 11.5 Å². The van der Waals surface area contributed by atoms with Crippen LogP contribution in [0.2, 0.25) is 0 Å². The molecule has 2 atom stereocenters. The summed E-state index contributed by atoms with van der Waals surface area (Å²) in [7, 11) is 3.21. The average Bonchev–Trinajstić information content (AvgIpc) is 3.23. The third kappa shape index (κ3) is 3.44. The number of amides is 1. The maximum absolute atomic E-state index is 13.3. The van der Waals surface area contributed by atoms with Crippen molar-refractivity contribution < 1.29 is 19.0 Å². The molecule has 2 aliphatic heterocycles. The number of benzene rings is 2. The number of carbonyl (C=O) groups is 1. The van der Waals surface area contributed by atoms with Gasteiger partial charge in [0.05, 0.1) is 25.9 Å². The van der Waals surface area contributed by atoms with E-state index in [1.807, 2.05) is 41.3 Å². The molecule has 2 aromatic carbocycles. The fraction of sp³-hybridized carbons (Fsp3) is 0.381. The smallest absolute Gasteiger partial charge is 0.257 e. The number of methoxy groups -OCH3 is 2. The highest BCUT2D eigenvalue weighted by Gasteiger charge is 2.36. The number of ether oxygens (including phenoxy) is 3. The number of fused-ring (bicyclic) bond motifs is 1. The summed E-state index contributed by atoms with van der Waals surface area (Å²) in [5.41, 5.74) is 2.40. The van der Waals surface area contributed by atoms with Gasteiger partial charge in [-0.25, -0.2) is 0 Å². The molecular weight excluding hydrogens is 424 g/mol. The van der Waals surface area contributed by atoms with Gasteiger partial charge < -0.3 is 24.4 Å². The maximum atomic E-state index is 13.3. The van der Waals surface area contributed by atoms with Crippen molar-refractivity contribution in [1.82, 2.24) is 4.90 Å². The number of rotatable bonds is 5. The van der Waals surface area contributed by atoms with E-state index in [1.165, 1.54) is 0 Å². The summed E-state index contributed by atoms with van der Waals surface area (Å²) in [6, 6.07) is 11.4. The minimum absolute atomic E-state index is 0.00321. The lowest BCUT2D eigenvalue weighted by atomic mass is 10.0. The first kappa shape index (κ1) is 19.1. The average molecular weight is 447 g/mol. The SMILES string of the molecule is COc1cc(Br)c([C@@H]2Nc3ccccc3C(=O)N2C[C@H]2CCCO2)cc1OC. The summed E-state index contributed by atoms with van der Waals surface area (Å²) in [6.07, 6.45) is 1.70. The first-order valence-corrected chi connectivity index (χ1v) is 10.1. The van der Waals surface area contributed by atoms with E-state index in [4.69, 9.17) is 14.2 Å². The molecule has 1 amide bonds. The summed E-state index contributed by atoms with van der Waals surface area (Å²) in [4.78, 5) is 15.2. The first-order chi connectivity index (χ1) is 13.6. The molecule has 1 saturated heterocycles. The van der Waals surface area contributed by atoms with Crippen LogP contribution in [-0.4, -0.2) is 44.3 Å². The molecule has 28 heavy (non-hydrogen) atoms. The molecular formula is C21H23BrN2O4. The van der Waals surface area contributed by atoms with Gasteiger partial charge in [0.2, 0.25) is 0 Å².